The summed E-state index contributed by atoms with van der Waals surface area (Å²) in [6.45, 7) is 14.1. The molecule has 0 aromatic heterocycles. The van der Waals surface area contributed by atoms with Gasteiger partial charge in [-0.1, -0.05) is 12.1 Å². The third kappa shape index (κ3) is 21.7. The molecule has 11 aliphatic rings. The van der Waals surface area contributed by atoms with E-state index in [0.29, 0.717) is 56.6 Å². The molecule has 612 valence electrons. The second kappa shape index (κ2) is 41.0. The van der Waals surface area contributed by atoms with Gasteiger partial charge < -0.3 is 116 Å². The van der Waals surface area contributed by atoms with Gasteiger partial charge >= 0.3 is 0 Å². The zero-order valence-electron chi connectivity index (χ0n) is 62.7. The molecule has 12 rings (SSSR count). The van der Waals surface area contributed by atoms with Crippen LogP contribution in [0, 0.1) is 47.2 Å². The SMILES string of the molecule is CSC1O[C@H]([C@H](NC(=O)[C@@H]2[C@@H]3OCC[C@H](C4CCN(C)CC4)C[C@H]3CN2C)[C@H](C)Cl)C(O)[C@@H](O)[C@H]1O.CSC1O[C@H]([C@H](NC(=O)[C@H]2NC[C@@H]3CC(NCc4ccc(F)cc4)CCO[C@H]32)[C@H](C)Cl)C(O)[C@@H](O)[C@H]1O.CSC1O[C@H]([C@H](NC(=O)[C@H]2NC[C@@H]3C[C@@H](C4CCNCC4)CCO[C@H]32)[C@H](C)Cl)C(O)[C@@H](O)[C@H]1O. The van der Waals surface area contributed by atoms with E-state index in [4.69, 9.17) is 63.2 Å². The number of nitrogens with zero attached hydrogens (tertiary/aromatic N) is 2. The van der Waals surface area contributed by atoms with Crippen molar-refractivity contribution in [3.8, 4) is 0 Å². The van der Waals surface area contributed by atoms with Gasteiger partial charge in [-0.25, -0.2) is 4.39 Å². The Kier molecular flexibility index (Phi) is 33.7. The van der Waals surface area contributed by atoms with Crippen molar-refractivity contribution >= 4 is 87.8 Å². The normalized spacial score (nSPS) is 41.4. The van der Waals surface area contributed by atoms with Gasteiger partial charge in [0, 0.05) is 63.9 Å². The number of aliphatic hydroxyl groups is 9. The second-order valence-corrected chi connectivity index (χ2v) is 36.5. The number of halogens is 4. The summed E-state index contributed by atoms with van der Waals surface area (Å²) in [4.78, 5) is 44.9. The molecule has 11 aliphatic heterocycles. The summed E-state index contributed by atoms with van der Waals surface area (Å²) in [5.74, 6) is 2.33. The van der Waals surface area contributed by atoms with Gasteiger partial charge in [0.15, 0.2) is 0 Å². The van der Waals surface area contributed by atoms with Crippen LogP contribution in [-0.2, 0) is 49.3 Å². The molecular weight excluding hydrogens is 1510 g/mol. The summed E-state index contributed by atoms with van der Waals surface area (Å²) in [6, 6.07) is 2.72. The highest BCUT2D eigenvalue weighted by atomic mass is 35.5. The number of likely N-dealkylation sites (N-methyl/N-ethyl adjacent to an activating group) is 1. The summed E-state index contributed by atoms with van der Waals surface area (Å²) >= 11 is 23.0. The van der Waals surface area contributed by atoms with Crippen LogP contribution in [0.15, 0.2) is 24.3 Å². The van der Waals surface area contributed by atoms with Crippen molar-refractivity contribution in [3.05, 3.63) is 35.6 Å². The molecule has 33 atom stereocenters. The van der Waals surface area contributed by atoms with Gasteiger partial charge in [0.25, 0.3) is 0 Å². The first-order chi connectivity index (χ1) is 51.1. The minimum absolute atomic E-state index is 0.116. The fourth-order valence-electron chi connectivity index (χ4n) is 18.3. The largest absolute Gasteiger partial charge is 0.388 e. The molecule has 1 aromatic rings. The average molecular weight is 1630 g/mol. The van der Waals surface area contributed by atoms with E-state index in [-0.39, 0.29) is 59.7 Å². The van der Waals surface area contributed by atoms with Crippen LogP contribution in [0.25, 0.3) is 0 Å². The number of aliphatic hydroxyl groups excluding tert-OH is 9. The molecule has 27 nitrogen and oxygen atoms in total. The molecule has 34 heteroatoms. The lowest BCUT2D eigenvalue weighted by Gasteiger charge is -2.44. The number of likely N-dealkylation sites (tertiary alicyclic amines) is 2. The molecular formula is C73H121Cl3FN9O18S3. The smallest absolute Gasteiger partial charge is 0.240 e. The highest BCUT2D eigenvalue weighted by molar-refractivity contribution is 7.99. The topological polar surface area (TPSA) is 379 Å². The zero-order valence-corrected chi connectivity index (χ0v) is 67.4. The number of amides is 3. The van der Waals surface area contributed by atoms with E-state index in [9.17, 15) is 64.7 Å². The molecule has 0 saturated carbocycles. The molecule has 0 radical (unpaired) electrons. The molecule has 16 N–H and O–H groups in total. The molecule has 1 aromatic carbocycles. The van der Waals surface area contributed by atoms with E-state index in [1.807, 2.05) is 7.05 Å². The quantitative estimate of drug-likeness (QED) is 0.0782. The van der Waals surface area contributed by atoms with Crippen LogP contribution in [0.4, 0.5) is 4.39 Å². The van der Waals surface area contributed by atoms with Gasteiger partial charge in [0.2, 0.25) is 17.7 Å². The number of carbonyl (C=O) groups is 3. The Labute approximate surface area is 657 Å². The molecule has 0 bridgehead atoms. The van der Waals surface area contributed by atoms with E-state index in [2.05, 4.69) is 54.1 Å². The second-order valence-electron chi connectivity index (χ2n) is 31.6. The van der Waals surface area contributed by atoms with E-state index in [0.717, 1.165) is 89.3 Å². The summed E-state index contributed by atoms with van der Waals surface area (Å²) in [6.07, 6.45) is 0.172. The van der Waals surface area contributed by atoms with E-state index >= 15 is 0 Å². The number of alkyl halides is 3. The van der Waals surface area contributed by atoms with Crippen molar-refractivity contribution in [1.82, 2.24) is 47.0 Å². The number of benzene rings is 1. The van der Waals surface area contributed by atoms with Crippen LogP contribution < -0.4 is 37.2 Å². The fourth-order valence-corrected chi connectivity index (χ4v) is 21.0. The van der Waals surface area contributed by atoms with E-state index in [1.165, 1.54) is 73.1 Å². The fraction of sp³-hybridized carbons (Fsp3) is 0.877. The molecule has 7 unspecified atom stereocenters. The minimum Gasteiger partial charge on any atom is -0.388 e. The van der Waals surface area contributed by atoms with Crippen LogP contribution in [-0.4, -0.2) is 338 Å². The third-order valence-corrected chi connectivity index (χ3v) is 27.9. The minimum atomic E-state index is -1.43. The van der Waals surface area contributed by atoms with Gasteiger partial charge in [-0.05, 0) is 191 Å². The summed E-state index contributed by atoms with van der Waals surface area (Å²) in [5, 5.41) is 114. The Bertz CT molecular complexity index is 2920. The number of nitrogens with one attached hydrogen (secondary N) is 7. The molecule has 11 heterocycles. The monoisotopic (exact) mass is 1630 g/mol. The first kappa shape index (κ1) is 88.0. The molecule has 11 saturated heterocycles. The lowest BCUT2D eigenvalue weighted by atomic mass is 9.77. The first-order valence-corrected chi connectivity index (χ1v) is 43.7. The average Bonchev–Trinajstić information content (AvgIpc) is 1.75. The van der Waals surface area contributed by atoms with Crippen molar-refractivity contribution in [2.75, 3.05) is 98.5 Å². The number of rotatable bonds is 20. The summed E-state index contributed by atoms with van der Waals surface area (Å²) in [7, 11) is 4.15. The molecule has 107 heavy (non-hydrogen) atoms. The highest BCUT2D eigenvalue weighted by Crippen LogP contribution is 2.42. The van der Waals surface area contributed by atoms with Crippen LogP contribution in [0.2, 0.25) is 0 Å². The molecule has 0 aliphatic carbocycles. The third-order valence-electron chi connectivity index (χ3n) is 24.5. The van der Waals surface area contributed by atoms with Crippen molar-refractivity contribution in [1.29, 1.82) is 0 Å². The number of carbonyl (C=O) groups excluding carboxylic acids is 3. The van der Waals surface area contributed by atoms with Gasteiger partial charge in [-0.3, -0.25) is 19.3 Å². The Morgan fingerprint density at radius 3 is 1.36 bits per heavy atom. The number of ether oxygens (including phenoxy) is 6. The van der Waals surface area contributed by atoms with Gasteiger partial charge in [0.05, 0.1) is 52.6 Å². The lowest BCUT2D eigenvalue weighted by Crippen LogP contribution is -2.65. The Morgan fingerprint density at radius 2 is 0.916 bits per heavy atom. The number of piperidine rings is 2. The van der Waals surface area contributed by atoms with Crippen LogP contribution in [0.3, 0.4) is 0 Å². The molecule has 3 amide bonds. The molecule has 11 fully saturated rings. The number of hydrogen-bond donors (Lipinski definition) is 16. The number of thioether (sulfide) groups is 3. The highest BCUT2D eigenvalue weighted by Gasteiger charge is 2.55. The van der Waals surface area contributed by atoms with Gasteiger partial charge in [-0.2, -0.15) is 0 Å². The Balaban J connectivity index is 0.000000172. The van der Waals surface area contributed by atoms with Crippen LogP contribution >= 0.6 is 70.1 Å². The van der Waals surface area contributed by atoms with Crippen molar-refractivity contribution in [2.24, 2.45) is 41.4 Å². The zero-order chi connectivity index (χ0) is 77.2. The van der Waals surface area contributed by atoms with Crippen molar-refractivity contribution < 1.29 is 93.2 Å². The number of fused-ring (bicyclic) bond motifs is 3. The van der Waals surface area contributed by atoms with Crippen LogP contribution in [0.5, 0.6) is 0 Å². The maximum atomic E-state index is 13.7. The Hall–Kier alpha value is -1.36. The maximum Gasteiger partial charge on any atom is 0.240 e. The van der Waals surface area contributed by atoms with Crippen LogP contribution in [0.1, 0.15) is 90.5 Å². The first-order valence-electron chi connectivity index (χ1n) is 38.5. The van der Waals surface area contributed by atoms with E-state index in [1.54, 1.807) is 51.7 Å². The van der Waals surface area contributed by atoms with E-state index < -0.39 is 142 Å². The summed E-state index contributed by atoms with van der Waals surface area (Å²) in [5.41, 5.74) is -1.23. The van der Waals surface area contributed by atoms with Gasteiger partial charge in [-0.15, -0.1) is 70.1 Å². The lowest BCUT2D eigenvalue weighted by molar-refractivity contribution is -0.205. The molecule has 0 spiro atoms. The maximum absolute atomic E-state index is 13.7. The summed E-state index contributed by atoms with van der Waals surface area (Å²) < 4.78 is 49.5. The van der Waals surface area contributed by atoms with Crippen molar-refractivity contribution in [3.63, 3.8) is 0 Å². The number of hydrogen-bond acceptors (Lipinski definition) is 27. The Morgan fingerprint density at radius 1 is 0.514 bits per heavy atom. The predicted octanol–water partition coefficient (Wildman–Crippen LogP) is 0.322. The van der Waals surface area contributed by atoms with Gasteiger partial charge in [0.1, 0.15) is 113 Å². The predicted molar refractivity (Wildman–Crippen MR) is 410 cm³/mol. The standard InChI is InChI=1S/C25H37ClFN3O6S.C25H44ClN3O6S.C23H40ClN3O6S/c1-12(26)17(23-20(32)19(31)21(33)25(36-23)37-2)30-24(34)18-22-14(11-29-18)9-16(7-8-35-22)28-10-13-3-5-15(27)6-4-13;1-13(26)17(23-20(31)19(30)21(32)25(35-23)36-4)27-24(33)18-22-16(12-29(18)3)11-15(7-10-34-22)14-5-8-28(2)9-6-14;1-11(24)15(21-18(29)17(28)19(30)23(33-21)34-2)27-22(31)16-20-14(10-26-16)9-13(5-8-32-20)12-3-6-25-7-4-12/h3-6,12,14,16-23,25,28-29,31-33H,7-11H2,1-2H3,(H,30,34);13-23,25,30-32H,5-12H2,1-4H3,(H,27,33);11-21,23,25-26,28-30H,3-10H2,1-2H3,(H,27,31)/t12-,14-,16?,17+,18-,19+,20?,21+,22+,23+,25?;13-,15-,16-,17+,18-,19+,20?,21+,22+,23+,25?;11-,13-,14-,15+,16-,17+,18?,19+,20+,21+,23?/m000/s1. The van der Waals surface area contributed by atoms with Crippen molar-refractivity contribution in [2.45, 2.75) is 258 Å².